The van der Waals surface area contributed by atoms with E-state index in [-0.39, 0.29) is 23.3 Å². The molecule has 2 aromatic rings. The molecular formula is C16H17NO3. The summed E-state index contributed by atoms with van der Waals surface area (Å²) in [5.41, 5.74) is 0.263. The number of aromatic hydroxyl groups is 1. The molecule has 0 heterocycles. The molecule has 1 atom stereocenters. The number of hydrogen-bond acceptors (Lipinski definition) is 3. The first-order valence-corrected chi connectivity index (χ1v) is 6.43. The number of hydrogen-bond donors (Lipinski definition) is 2. The third-order valence-electron chi connectivity index (χ3n) is 2.77. The fraction of sp³-hybridized carbons (Fsp3) is 0.188. The van der Waals surface area contributed by atoms with Crippen LogP contribution in [0.1, 0.15) is 17.3 Å². The van der Waals surface area contributed by atoms with Crippen molar-refractivity contribution < 1.29 is 14.6 Å². The highest BCUT2D eigenvalue weighted by Crippen LogP contribution is 2.15. The number of para-hydroxylation sites is 2. The molecule has 0 bridgehead atoms. The Morgan fingerprint density at radius 3 is 2.50 bits per heavy atom. The minimum atomic E-state index is -0.313. The van der Waals surface area contributed by atoms with Crippen LogP contribution < -0.4 is 10.1 Å². The molecule has 0 saturated carbocycles. The monoisotopic (exact) mass is 271 g/mol. The van der Waals surface area contributed by atoms with Gasteiger partial charge in [-0.3, -0.25) is 4.79 Å². The predicted octanol–water partition coefficient (Wildman–Crippen LogP) is 2.59. The van der Waals surface area contributed by atoms with Crippen molar-refractivity contribution in [2.75, 3.05) is 6.61 Å². The van der Waals surface area contributed by atoms with Crippen LogP contribution in [0.4, 0.5) is 0 Å². The summed E-state index contributed by atoms with van der Waals surface area (Å²) in [6, 6.07) is 15.7. The first-order valence-electron chi connectivity index (χ1n) is 6.43. The van der Waals surface area contributed by atoms with E-state index < -0.39 is 0 Å². The minimum absolute atomic E-state index is 0.0267. The average molecular weight is 271 g/mol. The molecule has 104 valence electrons. The molecule has 4 heteroatoms. The van der Waals surface area contributed by atoms with Gasteiger partial charge in [0.15, 0.2) is 0 Å². The summed E-state index contributed by atoms with van der Waals surface area (Å²) >= 11 is 0. The SMILES string of the molecule is CC(COc1ccccc1)NC(=O)c1ccccc1O. The molecule has 0 fully saturated rings. The molecule has 0 radical (unpaired) electrons. The third-order valence-corrected chi connectivity index (χ3v) is 2.77. The van der Waals surface area contributed by atoms with Gasteiger partial charge in [0.1, 0.15) is 18.1 Å². The van der Waals surface area contributed by atoms with Gasteiger partial charge in [-0.25, -0.2) is 0 Å². The number of nitrogens with one attached hydrogen (secondary N) is 1. The number of rotatable bonds is 5. The highest BCUT2D eigenvalue weighted by molar-refractivity contribution is 5.96. The average Bonchev–Trinajstić information content (AvgIpc) is 2.46. The smallest absolute Gasteiger partial charge is 0.255 e. The lowest BCUT2D eigenvalue weighted by atomic mass is 10.2. The van der Waals surface area contributed by atoms with Crippen LogP contribution in [0.3, 0.4) is 0 Å². The number of carbonyl (C=O) groups is 1. The zero-order valence-electron chi connectivity index (χ0n) is 11.2. The van der Waals surface area contributed by atoms with Gasteiger partial charge in [0.2, 0.25) is 0 Å². The standard InChI is InChI=1S/C16H17NO3/c1-12(11-20-13-7-3-2-4-8-13)17-16(19)14-9-5-6-10-15(14)18/h2-10,12,18H,11H2,1H3,(H,17,19). The topological polar surface area (TPSA) is 58.6 Å². The first kappa shape index (κ1) is 13.9. The second-order valence-electron chi connectivity index (χ2n) is 4.52. The van der Waals surface area contributed by atoms with Gasteiger partial charge in [-0.05, 0) is 31.2 Å². The van der Waals surface area contributed by atoms with Gasteiger partial charge in [-0.2, -0.15) is 0 Å². The van der Waals surface area contributed by atoms with Crippen LogP contribution in [0.2, 0.25) is 0 Å². The second kappa shape index (κ2) is 6.61. The molecule has 0 spiro atoms. The van der Waals surface area contributed by atoms with E-state index in [0.717, 1.165) is 5.75 Å². The van der Waals surface area contributed by atoms with E-state index in [1.54, 1.807) is 18.2 Å². The number of benzene rings is 2. The van der Waals surface area contributed by atoms with Crippen LogP contribution >= 0.6 is 0 Å². The van der Waals surface area contributed by atoms with E-state index in [1.165, 1.54) is 6.07 Å². The van der Waals surface area contributed by atoms with Crippen molar-refractivity contribution in [3.05, 3.63) is 60.2 Å². The van der Waals surface area contributed by atoms with Crippen molar-refractivity contribution in [1.29, 1.82) is 0 Å². The first-order chi connectivity index (χ1) is 9.66. The molecule has 0 aliphatic rings. The summed E-state index contributed by atoms with van der Waals surface area (Å²) in [7, 11) is 0. The van der Waals surface area contributed by atoms with E-state index in [2.05, 4.69) is 5.32 Å². The second-order valence-corrected chi connectivity index (χ2v) is 4.52. The summed E-state index contributed by atoms with van der Waals surface area (Å²) in [6.07, 6.45) is 0. The van der Waals surface area contributed by atoms with Crippen LogP contribution in [0.25, 0.3) is 0 Å². The van der Waals surface area contributed by atoms with Gasteiger partial charge in [-0.15, -0.1) is 0 Å². The molecule has 0 aliphatic heterocycles. The van der Waals surface area contributed by atoms with Crippen LogP contribution in [0, 0.1) is 0 Å². The Labute approximate surface area is 118 Å². The molecule has 2 rings (SSSR count). The molecule has 0 aromatic heterocycles. The van der Waals surface area contributed by atoms with Gasteiger partial charge < -0.3 is 15.2 Å². The van der Waals surface area contributed by atoms with Gasteiger partial charge in [-0.1, -0.05) is 30.3 Å². The van der Waals surface area contributed by atoms with Crippen molar-refractivity contribution in [1.82, 2.24) is 5.32 Å². The van der Waals surface area contributed by atoms with E-state index in [1.807, 2.05) is 37.3 Å². The molecule has 1 amide bonds. The summed E-state index contributed by atoms with van der Waals surface area (Å²) in [4.78, 5) is 12.0. The van der Waals surface area contributed by atoms with Crippen LogP contribution in [0.5, 0.6) is 11.5 Å². The largest absolute Gasteiger partial charge is 0.507 e. The van der Waals surface area contributed by atoms with Gasteiger partial charge in [0, 0.05) is 0 Å². The maximum absolute atomic E-state index is 12.0. The number of amides is 1. The van der Waals surface area contributed by atoms with Gasteiger partial charge in [0.25, 0.3) is 5.91 Å². The van der Waals surface area contributed by atoms with E-state index >= 15 is 0 Å². The van der Waals surface area contributed by atoms with Crippen molar-refractivity contribution >= 4 is 5.91 Å². The maximum Gasteiger partial charge on any atom is 0.255 e. The summed E-state index contributed by atoms with van der Waals surface area (Å²) in [5, 5.41) is 12.4. The zero-order valence-corrected chi connectivity index (χ0v) is 11.2. The predicted molar refractivity (Wildman–Crippen MR) is 77.0 cm³/mol. The Hall–Kier alpha value is -2.49. The lowest BCUT2D eigenvalue weighted by Crippen LogP contribution is -2.36. The van der Waals surface area contributed by atoms with Crippen LogP contribution in [-0.2, 0) is 0 Å². The Morgan fingerprint density at radius 1 is 1.15 bits per heavy atom. The normalized spacial score (nSPS) is 11.7. The van der Waals surface area contributed by atoms with Crippen LogP contribution in [-0.4, -0.2) is 23.7 Å². The van der Waals surface area contributed by atoms with E-state index in [4.69, 9.17) is 4.74 Å². The van der Waals surface area contributed by atoms with Crippen molar-refractivity contribution in [3.63, 3.8) is 0 Å². The summed E-state index contributed by atoms with van der Waals surface area (Å²) in [5.74, 6) is 0.421. The third kappa shape index (κ3) is 3.75. The molecule has 0 saturated heterocycles. The number of phenols is 1. The van der Waals surface area contributed by atoms with Gasteiger partial charge in [0.05, 0.1) is 11.6 Å². The Kier molecular flexibility index (Phi) is 4.60. The maximum atomic E-state index is 12.0. The minimum Gasteiger partial charge on any atom is -0.507 e. The molecule has 0 aliphatic carbocycles. The van der Waals surface area contributed by atoms with E-state index in [9.17, 15) is 9.90 Å². The fourth-order valence-electron chi connectivity index (χ4n) is 1.75. The summed E-state index contributed by atoms with van der Waals surface area (Å²) in [6.45, 7) is 2.21. The fourth-order valence-corrected chi connectivity index (χ4v) is 1.75. The lowest BCUT2D eigenvalue weighted by Gasteiger charge is -2.15. The van der Waals surface area contributed by atoms with E-state index in [0.29, 0.717) is 6.61 Å². The molecule has 2 N–H and O–H groups in total. The number of phenolic OH excluding ortho intramolecular Hbond substituents is 1. The van der Waals surface area contributed by atoms with Gasteiger partial charge >= 0.3 is 0 Å². The Bertz CT molecular complexity index is 569. The number of ether oxygens (including phenoxy) is 1. The molecule has 2 aromatic carbocycles. The highest BCUT2D eigenvalue weighted by Gasteiger charge is 2.13. The lowest BCUT2D eigenvalue weighted by molar-refractivity contribution is 0.0924. The molecular weight excluding hydrogens is 254 g/mol. The molecule has 4 nitrogen and oxygen atoms in total. The van der Waals surface area contributed by atoms with Crippen molar-refractivity contribution in [2.24, 2.45) is 0 Å². The quantitative estimate of drug-likeness (QED) is 0.878. The van der Waals surface area contributed by atoms with Crippen molar-refractivity contribution in [2.45, 2.75) is 13.0 Å². The van der Waals surface area contributed by atoms with Crippen molar-refractivity contribution in [3.8, 4) is 11.5 Å². The number of carbonyl (C=O) groups excluding carboxylic acids is 1. The zero-order chi connectivity index (χ0) is 14.4. The Morgan fingerprint density at radius 2 is 1.80 bits per heavy atom. The summed E-state index contributed by atoms with van der Waals surface area (Å²) < 4.78 is 5.56. The van der Waals surface area contributed by atoms with Crippen LogP contribution in [0.15, 0.2) is 54.6 Å². The Balaban J connectivity index is 1.87. The molecule has 20 heavy (non-hydrogen) atoms. The molecule has 1 unspecified atom stereocenters. The highest BCUT2D eigenvalue weighted by atomic mass is 16.5.